The van der Waals surface area contributed by atoms with Crippen molar-refractivity contribution in [1.82, 2.24) is 14.7 Å². The third-order valence-electron chi connectivity index (χ3n) is 8.30. The van der Waals surface area contributed by atoms with Gasteiger partial charge in [0.2, 0.25) is 11.8 Å². The molecule has 1 aromatic rings. The summed E-state index contributed by atoms with van der Waals surface area (Å²) in [5.41, 5.74) is 0.325. The zero-order valence-corrected chi connectivity index (χ0v) is 22.1. The van der Waals surface area contributed by atoms with Crippen LogP contribution in [0.4, 0.5) is 5.69 Å². The zero-order valence-electron chi connectivity index (χ0n) is 22.1. The molecule has 3 aliphatic rings. The molecule has 3 heterocycles. The number of unbranched alkanes of at least 4 members (excludes halogenated alkanes) is 5. The normalized spacial score (nSPS) is 19.9. The fraction of sp³-hybridized carbons (Fsp3) is 0.690. The Bertz CT molecular complexity index is 876. The van der Waals surface area contributed by atoms with Gasteiger partial charge in [-0.15, -0.1) is 0 Å². The molecule has 0 saturated carbocycles. The van der Waals surface area contributed by atoms with Gasteiger partial charge in [0.05, 0.1) is 6.67 Å². The van der Waals surface area contributed by atoms with E-state index in [9.17, 15) is 14.4 Å². The van der Waals surface area contributed by atoms with Gasteiger partial charge < -0.3 is 19.6 Å². The van der Waals surface area contributed by atoms with E-state index in [2.05, 4.69) is 11.8 Å². The number of para-hydroxylation sites is 1. The maximum Gasteiger partial charge on any atom is 0.250 e. The summed E-state index contributed by atoms with van der Waals surface area (Å²) < 4.78 is 0. The molecule has 0 unspecified atom stereocenters. The highest BCUT2D eigenvalue weighted by atomic mass is 16.2. The second-order valence-corrected chi connectivity index (χ2v) is 10.8. The van der Waals surface area contributed by atoms with Crippen molar-refractivity contribution in [2.24, 2.45) is 0 Å². The lowest BCUT2D eigenvalue weighted by molar-refractivity contribution is -0.142. The first-order valence-corrected chi connectivity index (χ1v) is 14.2. The molecule has 0 aromatic heterocycles. The van der Waals surface area contributed by atoms with Gasteiger partial charge >= 0.3 is 0 Å². The van der Waals surface area contributed by atoms with Crippen molar-refractivity contribution < 1.29 is 14.4 Å². The third-order valence-corrected chi connectivity index (χ3v) is 8.30. The van der Waals surface area contributed by atoms with Crippen molar-refractivity contribution in [3.63, 3.8) is 0 Å². The van der Waals surface area contributed by atoms with Gasteiger partial charge in [-0.3, -0.25) is 14.4 Å². The van der Waals surface area contributed by atoms with Crippen molar-refractivity contribution in [2.45, 2.75) is 89.5 Å². The predicted molar refractivity (Wildman–Crippen MR) is 142 cm³/mol. The lowest BCUT2D eigenvalue weighted by Crippen LogP contribution is -2.57. The summed E-state index contributed by atoms with van der Waals surface area (Å²) in [5, 5.41) is 0. The molecular formula is C29H44N4O3. The van der Waals surface area contributed by atoms with Crippen LogP contribution in [0.15, 0.2) is 30.3 Å². The zero-order chi connectivity index (χ0) is 25.4. The molecule has 3 fully saturated rings. The fourth-order valence-electron chi connectivity index (χ4n) is 6.07. The maximum absolute atomic E-state index is 13.9. The van der Waals surface area contributed by atoms with E-state index in [0.29, 0.717) is 39.0 Å². The van der Waals surface area contributed by atoms with Crippen molar-refractivity contribution in [2.75, 3.05) is 44.3 Å². The largest absolute Gasteiger partial charge is 0.342 e. The van der Waals surface area contributed by atoms with Gasteiger partial charge in [-0.2, -0.15) is 0 Å². The molecule has 1 spiro atoms. The summed E-state index contributed by atoms with van der Waals surface area (Å²) in [4.78, 5) is 47.5. The maximum atomic E-state index is 13.9. The standard InChI is InChI=1S/C29H44N4O3/c1-2-3-4-5-6-11-16-26(34)31-21-17-29(18-22-31)28(36)32(23-27(35)30-19-12-8-13-20-30)24-33(29)25-14-9-7-10-15-25/h7,9-10,14-15H,2-6,8,11-13,16-24H2,1H3. The summed E-state index contributed by atoms with van der Waals surface area (Å²) in [7, 11) is 0. The first kappa shape index (κ1) is 26.5. The SMILES string of the molecule is CCCCCCCCC(=O)N1CCC2(CC1)C(=O)N(CC(=O)N1CCCCC1)CN2c1ccccc1. The van der Waals surface area contributed by atoms with Crippen LogP contribution in [0, 0.1) is 0 Å². The average molecular weight is 497 g/mol. The molecule has 0 radical (unpaired) electrons. The van der Waals surface area contributed by atoms with Crippen LogP contribution in [-0.4, -0.2) is 77.4 Å². The molecule has 0 bridgehead atoms. The molecule has 0 aliphatic carbocycles. The Hall–Kier alpha value is -2.57. The van der Waals surface area contributed by atoms with Crippen LogP contribution in [0.25, 0.3) is 0 Å². The Kier molecular flexibility index (Phi) is 9.27. The molecule has 3 saturated heterocycles. The molecule has 7 heteroatoms. The van der Waals surface area contributed by atoms with E-state index >= 15 is 0 Å². The summed E-state index contributed by atoms with van der Waals surface area (Å²) in [5.74, 6) is 0.313. The summed E-state index contributed by atoms with van der Waals surface area (Å²) in [6.07, 6.45) is 12.1. The Morgan fingerprint density at radius 2 is 1.44 bits per heavy atom. The Labute approximate surface area is 216 Å². The Balaban J connectivity index is 1.39. The average Bonchev–Trinajstić information content (AvgIpc) is 3.18. The van der Waals surface area contributed by atoms with Crippen molar-refractivity contribution in [3.8, 4) is 0 Å². The molecule has 4 rings (SSSR count). The number of amides is 3. The second kappa shape index (κ2) is 12.6. The van der Waals surface area contributed by atoms with Gasteiger partial charge in [-0.05, 0) is 50.7 Å². The van der Waals surface area contributed by atoms with Crippen molar-refractivity contribution in [3.05, 3.63) is 30.3 Å². The Morgan fingerprint density at radius 3 is 2.14 bits per heavy atom. The highest BCUT2D eigenvalue weighted by Crippen LogP contribution is 2.39. The van der Waals surface area contributed by atoms with Crippen molar-refractivity contribution >= 4 is 23.4 Å². The summed E-state index contributed by atoms with van der Waals surface area (Å²) >= 11 is 0. The number of carbonyl (C=O) groups excluding carboxylic acids is 3. The summed E-state index contributed by atoms with van der Waals surface area (Å²) in [6.45, 7) is 5.56. The molecule has 1 aromatic carbocycles. The molecule has 7 nitrogen and oxygen atoms in total. The number of nitrogens with zero attached hydrogens (tertiary/aromatic N) is 4. The van der Waals surface area contributed by atoms with E-state index in [0.717, 1.165) is 44.5 Å². The number of hydrogen-bond acceptors (Lipinski definition) is 4. The predicted octanol–water partition coefficient (Wildman–Crippen LogP) is 4.42. The number of likely N-dealkylation sites (tertiary alicyclic amines) is 2. The van der Waals surface area contributed by atoms with E-state index in [-0.39, 0.29) is 24.3 Å². The number of piperidine rings is 2. The van der Waals surface area contributed by atoms with E-state index in [4.69, 9.17) is 0 Å². The molecule has 3 amide bonds. The summed E-state index contributed by atoms with van der Waals surface area (Å²) in [6, 6.07) is 10.1. The minimum Gasteiger partial charge on any atom is -0.342 e. The van der Waals surface area contributed by atoms with Crippen LogP contribution in [-0.2, 0) is 14.4 Å². The second-order valence-electron chi connectivity index (χ2n) is 10.8. The quantitative estimate of drug-likeness (QED) is 0.450. The van der Waals surface area contributed by atoms with Gasteiger partial charge in [-0.25, -0.2) is 0 Å². The van der Waals surface area contributed by atoms with Gasteiger partial charge in [0.25, 0.3) is 5.91 Å². The van der Waals surface area contributed by atoms with E-state index in [1.54, 1.807) is 4.90 Å². The number of hydrogen-bond donors (Lipinski definition) is 0. The lowest BCUT2D eigenvalue weighted by atomic mass is 9.85. The van der Waals surface area contributed by atoms with Gasteiger partial charge in [0, 0.05) is 38.3 Å². The lowest BCUT2D eigenvalue weighted by Gasteiger charge is -2.43. The Morgan fingerprint density at radius 1 is 0.806 bits per heavy atom. The number of benzene rings is 1. The highest BCUT2D eigenvalue weighted by Gasteiger charge is 2.54. The first-order chi connectivity index (χ1) is 17.5. The fourth-order valence-corrected chi connectivity index (χ4v) is 6.07. The van der Waals surface area contributed by atoms with Crippen molar-refractivity contribution in [1.29, 1.82) is 0 Å². The smallest absolute Gasteiger partial charge is 0.250 e. The first-order valence-electron chi connectivity index (χ1n) is 14.2. The minimum atomic E-state index is -0.680. The highest BCUT2D eigenvalue weighted by molar-refractivity contribution is 5.96. The number of anilines is 1. The van der Waals surface area contributed by atoms with Gasteiger partial charge in [0.1, 0.15) is 12.1 Å². The third kappa shape index (κ3) is 6.04. The van der Waals surface area contributed by atoms with Crippen LogP contribution in [0.1, 0.15) is 84.0 Å². The topological polar surface area (TPSA) is 64.2 Å². The number of carbonyl (C=O) groups is 3. The van der Waals surface area contributed by atoms with E-state index < -0.39 is 5.54 Å². The molecule has 36 heavy (non-hydrogen) atoms. The van der Waals surface area contributed by atoms with Gasteiger partial charge in [0.15, 0.2) is 0 Å². The molecule has 0 N–H and O–H groups in total. The van der Waals surface area contributed by atoms with E-state index in [1.165, 1.54) is 32.1 Å². The van der Waals surface area contributed by atoms with Crippen LogP contribution < -0.4 is 4.90 Å². The number of rotatable bonds is 10. The van der Waals surface area contributed by atoms with Crippen LogP contribution in [0.5, 0.6) is 0 Å². The molecular weight excluding hydrogens is 452 g/mol. The monoisotopic (exact) mass is 496 g/mol. The minimum absolute atomic E-state index is 0.0414. The van der Waals surface area contributed by atoms with Crippen LogP contribution in [0.2, 0.25) is 0 Å². The molecule has 3 aliphatic heterocycles. The van der Waals surface area contributed by atoms with Crippen LogP contribution >= 0.6 is 0 Å². The molecule has 0 atom stereocenters. The van der Waals surface area contributed by atoms with Crippen LogP contribution in [0.3, 0.4) is 0 Å². The molecule has 198 valence electrons. The van der Waals surface area contributed by atoms with E-state index in [1.807, 2.05) is 40.1 Å². The van der Waals surface area contributed by atoms with Gasteiger partial charge in [-0.1, -0.05) is 57.2 Å².